The number of hydrogen-bond donors (Lipinski definition) is 1. The molecule has 118 valence electrons. The van der Waals surface area contributed by atoms with E-state index >= 15 is 0 Å². The van der Waals surface area contributed by atoms with Gasteiger partial charge in [0.2, 0.25) is 0 Å². The molecule has 0 radical (unpaired) electrons. The first-order chi connectivity index (χ1) is 10.3. The van der Waals surface area contributed by atoms with E-state index in [1.54, 1.807) is 6.08 Å². The lowest BCUT2D eigenvalue weighted by Gasteiger charge is -2.13. The summed E-state index contributed by atoms with van der Waals surface area (Å²) in [6.45, 7) is 5.22. The van der Waals surface area contributed by atoms with Crippen molar-refractivity contribution in [2.75, 3.05) is 6.61 Å². The number of benzene rings is 1. The van der Waals surface area contributed by atoms with Crippen molar-refractivity contribution in [1.29, 1.82) is 5.26 Å². The Labute approximate surface area is 134 Å². The highest BCUT2D eigenvalue weighted by atomic mass is 35.5. The predicted molar refractivity (Wildman–Crippen MR) is 81.7 cm³/mol. The van der Waals surface area contributed by atoms with Gasteiger partial charge in [-0.05, 0) is 31.5 Å². The third-order valence-electron chi connectivity index (χ3n) is 2.67. The Morgan fingerprint density at radius 2 is 2.27 bits per heavy atom. The topological polar surface area (TPSA) is 96.3 Å². The van der Waals surface area contributed by atoms with Crippen molar-refractivity contribution in [3.05, 3.63) is 41.4 Å². The van der Waals surface area contributed by atoms with Crippen LogP contribution >= 0.6 is 11.6 Å². The van der Waals surface area contributed by atoms with Gasteiger partial charge in [-0.2, -0.15) is 5.26 Å². The molecule has 1 atom stereocenters. The van der Waals surface area contributed by atoms with E-state index in [-0.39, 0.29) is 22.1 Å². The Kier molecular flexibility index (Phi) is 6.56. The summed E-state index contributed by atoms with van der Waals surface area (Å²) in [5, 5.41) is 8.75. The molecule has 0 aromatic heterocycles. The number of carbonyl (C=O) groups excluding carboxylic acids is 1. The molecule has 0 saturated carbocycles. The molecular formula is C14H15ClN2O4S. The molecule has 0 aliphatic carbocycles. The van der Waals surface area contributed by atoms with E-state index in [0.717, 1.165) is 6.07 Å². The van der Waals surface area contributed by atoms with Crippen LogP contribution in [0, 0.1) is 11.3 Å². The van der Waals surface area contributed by atoms with Gasteiger partial charge in [-0.25, -0.2) is 13.1 Å². The number of nitrogens with one attached hydrogen (secondary N) is 1. The summed E-state index contributed by atoms with van der Waals surface area (Å²) in [5.41, 5.74) is 0.146. The van der Waals surface area contributed by atoms with Gasteiger partial charge in [0.25, 0.3) is 15.9 Å². The molecule has 0 aliphatic rings. The van der Waals surface area contributed by atoms with Crippen molar-refractivity contribution in [2.45, 2.75) is 24.3 Å². The fraction of sp³-hybridized carbons (Fsp3) is 0.286. The minimum atomic E-state index is -4.08. The first-order valence-corrected chi connectivity index (χ1v) is 8.16. The van der Waals surface area contributed by atoms with Crippen LogP contribution in [0.2, 0.25) is 5.02 Å². The molecule has 0 heterocycles. The first-order valence-electron chi connectivity index (χ1n) is 6.30. The number of nitrogens with zero attached hydrogens (tertiary/aromatic N) is 1. The molecular weight excluding hydrogens is 328 g/mol. The van der Waals surface area contributed by atoms with Gasteiger partial charge in [-0.3, -0.25) is 4.79 Å². The normalized spacial score (nSPS) is 12.2. The molecule has 1 aromatic rings. The summed E-state index contributed by atoms with van der Waals surface area (Å²) in [6, 6.07) is 5.40. The van der Waals surface area contributed by atoms with Crippen LogP contribution in [0.1, 0.15) is 18.9 Å². The summed E-state index contributed by atoms with van der Waals surface area (Å²) in [4.78, 5) is 11.6. The van der Waals surface area contributed by atoms with E-state index in [4.69, 9.17) is 21.6 Å². The Morgan fingerprint density at radius 1 is 1.59 bits per heavy atom. The molecule has 6 nitrogen and oxygen atoms in total. The average Bonchev–Trinajstić information content (AvgIpc) is 2.46. The van der Waals surface area contributed by atoms with Crippen LogP contribution in [0.15, 0.2) is 35.7 Å². The van der Waals surface area contributed by atoms with Gasteiger partial charge in [0.1, 0.15) is 12.2 Å². The lowest BCUT2D eigenvalue weighted by molar-refractivity contribution is -0.129. The fourth-order valence-corrected chi connectivity index (χ4v) is 2.79. The number of amides is 1. The number of sulfonamides is 1. The maximum Gasteiger partial charge on any atom is 0.264 e. The summed E-state index contributed by atoms with van der Waals surface area (Å²) < 4.78 is 31.2. The quantitative estimate of drug-likeness (QED) is 0.604. The zero-order valence-corrected chi connectivity index (χ0v) is 13.4. The van der Waals surface area contributed by atoms with Crippen molar-refractivity contribution in [3.8, 4) is 6.07 Å². The molecule has 0 saturated heterocycles. The van der Waals surface area contributed by atoms with Crippen molar-refractivity contribution >= 4 is 27.5 Å². The molecule has 0 spiro atoms. The highest BCUT2D eigenvalue weighted by Crippen LogP contribution is 2.20. The van der Waals surface area contributed by atoms with Crippen LogP contribution in [0.5, 0.6) is 0 Å². The first kappa shape index (κ1) is 18.2. The Balaban J connectivity index is 2.83. The third kappa shape index (κ3) is 4.84. The van der Waals surface area contributed by atoms with E-state index in [1.165, 1.54) is 19.1 Å². The number of halogens is 1. The van der Waals surface area contributed by atoms with E-state index < -0.39 is 22.0 Å². The van der Waals surface area contributed by atoms with E-state index in [0.29, 0.717) is 6.42 Å². The lowest BCUT2D eigenvalue weighted by Crippen LogP contribution is -2.38. The minimum Gasteiger partial charge on any atom is -0.368 e. The molecule has 0 aliphatic heterocycles. The molecule has 1 aromatic carbocycles. The van der Waals surface area contributed by atoms with Crippen LogP contribution in [-0.2, 0) is 19.6 Å². The number of hydrogen-bond acceptors (Lipinski definition) is 5. The second-order valence-corrected chi connectivity index (χ2v) is 6.40. The van der Waals surface area contributed by atoms with Crippen LogP contribution in [0.3, 0.4) is 0 Å². The molecule has 1 rings (SSSR count). The van der Waals surface area contributed by atoms with Gasteiger partial charge in [0, 0.05) is 0 Å². The van der Waals surface area contributed by atoms with E-state index in [1.807, 2.05) is 10.8 Å². The van der Waals surface area contributed by atoms with Gasteiger partial charge >= 0.3 is 0 Å². The molecule has 0 unspecified atom stereocenters. The number of nitriles is 1. The number of rotatable bonds is 7. The Morgan fingerprint density at radius 3 is 2.82 bits per heavy atom. The number of ether oxygens (including phenoxy) is 1. The Bertz CT molecular complexity index is 710. The zero-order chi connectivity index (χ0) is 16.8. The molecule has 22 heavy (non-hydrogen) atoms. The van der Waals surface area contributed by atoms with Crippen molar-refractivity contribution in [2.24, 2.45) is 0 Å². The molecule has 8 heteroatoms. The summed E-state index contributed by atoms with van der Waals surface area (Å²) in [6.07, 6.45) is 1.25. The van der Waals surface area contributed by atoms with Crippen LogP contribution in [0.4, 0.5) is 0 Å². The standard InChI is InChI=1S/C14H15ClN2O4S/c1-3-4-7-21-10(2)14(18)17-22(19,20)12-6-5-11(9-16)13(15)8-12/h3,5-6,8,10H,1,4,7H2,2H3,(H,17,18)/t10-/m1/s1. The molecule has 0 fully saturated rings. The van der Waals surface area contributed by atoms with Crippen LogP contribution in [-0.4, -0.2) is 27.0 Å². The second kappa shape index (κ2) is 7.94. The van der Waals surface area contributed by atoms with Crippen LogP contribution in [0.25, 0.3) is 0 Å². The maximum atomic E-state index is 12.1. The van der Waals surface area contributed by atoms with Gasteiger partial charge < -0.3 is 4.74 Å². The van der Waals surface area contributed by atoms with Crippen molar-refractivity contribution < 1.29 is 17.9 Å². The predicted octanol–water partition coefficient (Wildman–Crippen LogP) is 2.00. The fourth-order valence-electron chi connectivity index (χ4n) is 1.43. The van der Waals surface area contributed by atoms with Gasteiger partial charge in [-0.1, -0.05) is 17.7 Å². The SMILES string of the molecule is C=CCCO[C@H](C)C(=O)NS(=O)(=O)c1ccc(C#N)c(Cl)c1. The van der Waals surface area contributed by atoms with Gasteiger partial charge in [0.15, 0.2) is 0 Å². The minimum absolute atomic E-state index is 0.00638. The average molecular weight is 343 g/mol. The highest BCUT2D eigenvalue weighted by molar-refractivity contribution is 7.90. The monoisotopic (exact) mass is 342 g/mol. The zero-order valence-electron chi connectivity index (χ0n) is 11.9. The molecule has 1 amide bonds. The van der Waals surface area contributed by atoms with Crippen LogP contribution < -0.4 is 4.72 Å². The lowest BCUT2D eigenvalue weighted by atomic mass is 10.2. The molecule has 1 N–H and O–H groups in total. The maximum absolute atomic E-state index is 12.1. The largest absolute Gasteiger partial charge is 0.368 e. The summed E-state index contributed by atoms with van der Waals surface area (Å²) in [5.74, 6) is -0.787. The van der Waals surface area contributed by atoms with E-state index in [9.17, 15) is 13.2 Å². The van der Waals surface area contributed by atoms with Gasteiger partial charge in [-0.15, -0.1) is 6.58 Å². The molecule has 0 bridgehead atoms. The summed E-state index contributed by atoms with van der Waals surface area (Å²) >= 11 is 5.79. The van der Waals surface area contributed by atoms with Crippen molar-refractivity contribution in [3.63, 3.8) is 0 Å². The third-order valence-corrected chi connectivity index (χ3v) is 4.32. The Hall–Kier alpha value is -1.88. The second-order valence-electron chi connectivity index (χ2n) is 4.31. The number of carbonyl (C=O) groups is 1. The van der Waals surface area contributed by atoms with Gasteiger partial charge in [0.05, 0.1) is 22.1 Å². The van der Waals surface area contributed by atoms with Crippen molar-refractivity contribution in [1.82, 2.24) is 4.72 Å². The smallest absolute Gasteiger partial charge is 0.264 e. The summed E-state index contributed by atoms with van der Waals surface area (Å²) in [7, 11) is -4.08. The van der Waals surface area contributed by atoms with E-state index in [2.05, 4.69) is 6.58 Å². The highest BCUT2D eigenvalue weighted by Gasteiger charge is 2.22.